The van der Waals surface area contributed by atoms with Crippen molar-refractivity contribution in [2.45, 2.75) is 5.92 Å². The van der Waals surface area contributed by atoms with Gasteiger partial charge in [-0.15, -0.1) is 0 Å². The predicted octanol–water partition coefficient (Wildman–Crippen LogP) is 1.95. The lowest BCUT2D eigenvalue weighted by Gasteiger charge is -2.34. The van der Waals surface area contributed by atoms with Crippen molar-refractivity contribution in [3.8, 4) is 0 Å². The van der Waals surface area contributed by atoms with Gasteiger partial charge in [-0.3, -0.25) is 0 Å². The zero-order valence-corrected chi connectivity index (χ0v) is 11.4. The summed E-state index contributed by atoms with van der Waals surface area (Å²) in [5, 5.41) is 0. The third-order valence-electron chi connectivity index (χ3n) is 3.57. The molecule has 1 fully saturated rings. The van der Waals surface area contributed by atoms with Gasteiger partial charge in [-0.25, -0.2) is 0 Å². The first-order valence-electron chi connectivity index (χ1n) is 6.36. The Morgan fingerprint density at radius 3 is 2.35 bits per heavy atom. The summed E-state index contributed by atoms with van der Waals surface area (Å²) in [4.78, 5) is 4.96. The molecule has 0 aliphatic carbocycles. The summed E-state index contributed by atoms with van der Waals surface area (Å²) < 4.78 is 0. The fraction of sp³-hybridized carbons (Fsp3) is 0.571. The van der Waals surface area contributed by atoms with Crippen LogP contribution in [-0.2, 0) is 0 Å². The van der Waals surface area contributed by atoms with Crippen molar-refractivity contribution in [3.05, 3.63) is 35.9 Å². The molecule has 1 atom stereocenters. The fourth-order valence-electron chi connectivity index (χ4n) is 2.34. The van der Waals surface area contributed by atoms with Crippen LogP contribution in [0.1, 0.15) is 11.5 Å². The topological polar surface area (TPSA) is 6.48 Å². The van der Waals surface area contributed by atoms with E-state index in [1.165, 1.54) is 31.7 Å². The van der Waals surface area contributed by atoms with Crippen molar-refractivity contribution >= 4 is 12.6 Å². The standard InChI is InChI=1S/C14H22N2S/c1-15-7-9-16(10-8-15)11-14(12-17)13-5-3-2-4-6-13/h2-6,14,17H,7-12H2,1H3. The fourth-order valence-corrected chi connectivity index (χ4v) is 2.66. The Labute approximate surface area is 110 Å². The molecule has 1 saturated heterocycles. The number of benzene rings is 1. The zero-order valence-electron chi connectivity index (χ0n) is 10.5. The summed E-state index contributed by atoms with van der Waals surface area (Å²) in [7, 11) is 2.20. The minimum absolute atomic E-state index is 0.558. The van der Waals surface area contributed by atoms with E-state index in [0.29, 0.717) is 5.92 Å². The SMILES string of the molecule is CN1CCN(CC(CS)c2ccccc2)CC1. The van der Waals surface area contributed by atoms with Gasteiger partial charge in [0.2, 0.25) is 0 Å². The van der Waals surface area contributed by atoms with E-state index >= 15 is 0 Å². The van der Waals surface area contributed by atoms with Gasteiger partial charge in [0.25, 0.3) is 0 Å². The van der Waals surface area contributed by atoms with E-state index in [1.54, 1.807) is 0 Å². The summed E-state index contributed by atoms with van der Waals surface area (Å²) >= 11 is 4.51. The average molecular weight is 250 g/mol. The summed E-state index contributed by atoms with van der Waals surface area (Å²) in [5.41, 5.74) is 1.42. The highest BCUT2D eigenvalue weighted by molar-refractivity contribution is 7.80. The Morgan fingerprint density at radius 1 is 1.12 bits per heavy atom. The molecule has 94 valence electrons. The molecule has 0 aromatic heterocycles. The maximum Gasteiger partial charge on any atom is 0.0110 e. The lowest BCUT2D eigenvalue weighted by Crippen LogP contribution is -2.45. The molecule has 0 amide bonds. The minimum atomic E-state index is 0.558. The number of thiol groups is 1. The molecule has 2 rings (SSSR count). The molecule has 1 aliphatic heterocycles. The van der Waals surface area contributed by atoms with Crippen LogP contribution < -0.4 is 0 Å². The average Bonchev–Trinajstić information content (AvgIpc) is 2.39. The Hall–Kier alpha value is -0.510. The van der Waals surface area contributed by atoms with Crippen LogP contribution in [0.15, 0.2) is 30.3 Å². The molecule has 0 saturated carbocycles. The van der Waals surface area contributed by atoms with Crippen molar-refractivity contribution in [1.29, 1.82) is 0 Å². The van der Waals surface area contributed by atoms with Crippen molar-refractivity contribution in [3.63, 3.8) is 0 Å². The second-order valence-electron chi connectivity index (χ2n) is 4.89. The molecule has 0 spiro atoms. The van der Waals surface area contributed by atoms with Gasteiger partial charge in [0.15, 0.2) is 0 Å². The second-order valence-corrected chi connectivity index (χ2v) is 5.26. The molecule has 1 aromatic carbocycles. The Morgan fingerprint density at radius 2 is 1.76 bits per heavy atom. The van der Waals surface area contributed by atoms with E-state index in [-0.39, 0.29) is 0 Å². The smallest absolute Gasteiger partial charge is 0.0110 e. The molecule has 1 unspecified atom stereocenters. The lowest BCUT2D eigenvalue weighted by molar-refractivity contribution is 0.149. The maximum absolute atomic E-state index is 4.51. The second kappa shape index (κ2) is 6.43. The van der Waals surface area contributed by atoms with Crippen molar-refractivity contribution in [2.24, 2.45) is 0 Å². The molecule has 1 aromatic rings. The third-order valence-corrected chi connectivity index (χ3v) is 4.01. The van der Waals surface area contributed by atoms with E-state index < -0.39 is 0 Å². The quantitative estimate of drug-likeness (QED) is 0.816. The van der Waals surface area contributed by atoms with Gasteiger partial charge in [-0.1, -0.05) is 30.3 Å². The molecule has 3 heteroatoms. The molecule has 1 heterocycles. The van der Waals surface area contributed by atoms with Crippen molar-refractivity contribution in [1.82, 2.24) is 9.80 Å². The van der Waals surface area contributed by atoms with Gasteiger partial charge in [-0.2, -0.15) is 12.6 Å². The third kappa shape index (κ3) is 3.73. The summed E-state index contributed by atoms with van der Waals surface area (Å²) in [6.07, 6.45) is 0. The van der Waals surface area contributed by atoms with Crippen molar-refractivity contribution < 1.29 is 0 Å². The van der Waals surface area contributed by atoms with Crippen LogP contribution in [0.25, 0.3) is 0 Å². The molecular formula is C14H22N2S. The van der Waals surface area contributed by atoms with Crippen LogP contribution in [0.4, 0.5) is 0 Å². The number of hydrogen-bond acceptors (Lipinski definition) is 3. The first kappa shape index (κ1) is 12.9. The van der Waals surface area contributed by atoms with E-state index in [0.717, 1.165) is 12.3 Å². The molecule has 1 aliphatic rings. The highest BCUT2D eigenvalue weighted by Crippen LogP contribution is 2.19. The van der Waals surface area contributed by atoms with E-state index in [4.69, 9.17) is 0 Å². The van der Waals surface area contributed by atoms with Gasteiger partial charge in [0.1, 0.15) is 0 Å². The largest absolute Gasteiger partial charge is 0.304 e. The molecule has 0 radical (unpaired) electrons. The predicted molar refractivity (Wildman–Crippen MR) is 77.0 cm³/mol. The Bertz CT molecular complexity index is 320. The maximum atomic E-state index is 4.51. The van der Waals surface area contributed by atoms with Gasteiger partial charge in [0.05, 0.1) is 0 Å². The summed E-state index contributed by atoms with van der Waals surface area (Å²) in [6.45, 7) is 5.89. The van der Waals surface area contributed by atoms with E-state index in [1.807, 2.05) is 0 Å². The highest BCUT2D eigenvalue weighted by atomic mass is 32.1. The molecule has 17 heavy (non-hydrogen) atoms. The van der Waals surface area contributed by atoms with Crippen LogP contribution in [0, 0.1) is 0 Å². The normalized spacial score (nSPS) is 20.4. The molecule has 0 N–H and O–H groups in total. The highest BCUT2D eigenvalue weighted by Gasteiger charge is 2.18. The number of hydrogen-bond donors (Lipinski definition) is 1. The number of likely N-dealkylation sites (N-methyl/N-ethyl adjacent to an activating group) is 1. The Balaban J connectivity index is 1.92. The van der Waals surface area contributed by atoms with Gasteiger partial charge >= 0.3 is 0 Å². The van der Waals surface area contributed by atoms with E-state index in [9.17, 15) is 0 Å². The molecule has 0 bridgehead atoms. The first-order chi connectivity index (χ1) is 8.29. The number of piperazine rings is 1. The van der Waals surface area contributed by atoms with Gasteiger partial charge in [0, 0.05) is 38.6 Å². The van der Waals surface area contributed by atoms with E-state index in [2.05, 4.69) is 59.8 Å². The molecule has 2 nitrogen and oxygen atoms in total. The summed E-state index contributed by atoms with van der Waals surface area (Å²) in [5.74, 6) is 1.49. The lowest BCUT2D eigenvalue weighted by atomic mass is 10.0. The van der Waals surface area contributed by atoms with Crippen LogP contribution in [0.3, 0.4) is 0 Å². The van der Waals surface area contributed by atoms with Gasteiger partial charge in [-0.05, 0) is 18.4 Å². The number of rotatable bonds is 4. The van der Waals surface area contributed by atoms with Crippen LogP contribution in [0.2, 0.25) is 0 Å². The Kier molecular flexibility index (Phi) is 4.89. The van der Waals surface area contributed by atoms with Crippen LogP contribution in [0.5, 0.6) is 0 Å². The minimum Gasteiger partial charge on any atom is -0.304 e. The molecular weight excluding hydrogens is 228 g/mol. The summed E-state index contributed by atoms with van der Waals surface area (Å²) in [6, 6.07) is 10.8. The van der Waals surface area contributed by atoms with Crippen molar-refractivity contribution in [2.75, 3.05) is 45.5 Å². The monoisotopic (exact) mass is 250 g/mol. The zero-order chi connectivity index (χ0) is 12.1. The van der Waals surface area contributed by atoms with Crippen LogP contribution in [-0.4, -0.2) is 55.3 Å². The first-order valence-corrected chi connectivity index (χ1v) is 6.99. The number of nitrogens with zero attached hydrogens (tertiary/aromatic N) is 2. The van der Waals surface area contributed by atoms with Gasteiger partial charge < -0.3 is 9.80 Å². The van der Waals surface area contributed by atoms with Crippen LogP contribution >= 0.6 is 12.6 Å².